The summed E-state index contributed by atoms with van der Waals surface area (Å²) in [4.78, 5) is 74.2. The summed E-state index contributed by atoms with van der Waals surface area (Å²) in [6, 6.07) is 8.23. The average molecular weight is 827 g/mol. The second-order valence-corrected chi connectivity index (χ2v) is 17.3. The van der Waals surface area contributed by atoms with E-state index in [0.717, 1.165) is 10.9 Å². The summed E-state index contributed by atoms with van der Waals surface area (Å²) >= 11 is 0. The lowest BCUT2D eigenvalue weighted by molar-refractivity contribution is -0.300. The van der Waals surface area contributed by atoms with E-state index >= 15 is 0 Å². The van der Waals surface area contributed by atoms with Crippen LogP contribution >= 0.6 is 0 Å². The van der Waals surface area contributed by atoms with Gasteiger partial charge in [0.1, 0.15) is 23.6 Å². The lowest BCUT2D eigenvalue weighted by atomic mass is 9.73. The molecule has 1 aromatic heterocycles. The van der Waals surface area contributed by atoms with Gasteiger partial charge in [0.05, 0.1) is 35.7 Å². The molecule has 2 aromatic rings. The van der Waals surface area contributed by atoms with Crippen LogP contribution in [-0.2, 0) is 49.3 Å². The molecule has 3 aliphatic rings. The Bertz CT molecular complexity index is 1860. The summed E-state index contributed by atoms with van der Waals surface area (Å²) in [6.07, 6.45) is -5.63. The van der Waals surface area contributed by atoms with Gasteiger partial charge in [-0.2, -0.15) is 0 Å². The average Bonchev–Trinajstić information content (AvgIpc) is 3.50. The molecule has 5 rings (SSSR count). The quantitative estimate of drug-likeness (QED) is 0.245. The number of carbonyl (C=O) groups excluding carboxylic acids is 5. The molecule has 16 heteroatoms. The van der Waals surface area contributed by atoms with Crippen LogP contribution in [0.2, 0.25) is 0 Å². The zero-order valence-electron chi connectivity index (χ0n) is 36.1. The third-order valence-corrected chi connectivity index (χ3v) is 12.4. The first-order chi connectivity index (χ1) is 27.7. The van der Waals surface area contributed by atoms with Crippen LogP contribution < -0.4 is 10.6 Å². The third-order valence-electron chi connectivity index (χ3n) is 12.4. The summed E-state index contributed by atoms with van der Waals surface area (Å²) < 4.78 is 37.2. The van der Waals surface area contributed by atoms with Gasteiger partial charge >= 0.3 is 24.1 Å². The van der Waals surface area contributed by atoms with E-state index in [1.165, 1.54) is 13.8 Å². The Kier molecular flexibility index (Phi) is 14.3. The molecule has 0 saturated carbocycles. The van der Waals surface area contributed by atoms with Gasteiger partial charge in [-0.25, -0.2) is 9.59 Å². The van der Waals surface area contributed by atoms with Crippen LogP contribution in [-0.4, -0.2) is 119 Å². The molecule has 4 heterocycles. The number of alkyl carbamates (subject to hydrolysis) is 2. The smallest absolute Gasteiger partial charge is 0.408 e. The summed E-state index contributed by atoms with van der Waals surface area (Å²) in [5.41, 5.74) is -1.65. The van der Waals surface area contributed by atoms with Crippen molar-refractivity contribution >= 4 is 40.8 Å². The van der Waals surface area contributed by atoms with Gasteiger partial charge in [-0.15, -0.1) is 0 Å². The maximum atomic E-state index is 14.5. The number of ether oxygens (including phenoxy) is 6. The topological polar surface area (TPSA) is 201 Å². The number of fused-ring (bicyclic) bond motifs is 2. The van der Waals surface area contributed by atoms with Crippen LogP contribution in [0.4, 0.5) is 9.59 Å². The molecule has 0 unspecified atom stereocenters. The van der Waals surface area contributed by atoms with Crippen molar-refractivity contribution in [3.05, 3.63) is 42.1 Å². The van der Waals surface area contributed by atoms with Crippen molar-refractivity contribution in [2.24, 2.45) is 23.7 Å². The molecule has 0 radical (unpaired) electrons. The number of hydrogen-bond acceptors (Lipinski definition) is 14. The fourth-order valence-corrected chi connectivity index (χ4v) is 9.18. The molecular weight excluding hydrogens is 764 g/mol. The molecule has 16 nitrogen and oxygen atoms in total. The molecular formula is C43H62N4O12. The van der Waals surface area contributed by atoms with Crippen molar-refractivity contribution in [1.29, 1.82) is 0 Å². The van der Waals surface area contributed by atoms with E-state index in [-0.39, 0.29) is 37.3 Å². The van der Waals surface area contributed by atoms with Gasteiger partial charge in [0.25, 0.3) is 0 Å². The van der Waals surface area contributed by atoms with Gasteiger partial charge in [0, 0.05) is 42.8 Å². The number of esters is 2. The summed E-state index contributed by atoms with van der Waals surface area (Å²) in [5.74, 6) is -5.51. The van der Waals surface area contributed by atoms with E-state index in [1.54, 1.807) is 47.7 Å². The van der Waals surface area contributed by atoms with E-state index in [4.69, 9.17) is 28.4 Å². The van der Waals surface area contributed by atoms with Crippen LogP contribution in [0.15, 0.2) is 36.5 Å². The van der Waals surface area contributed by atoms with Gasteiger partial charge in [-0.1, -0.05) is 45.9 Å². The predicted octanol–water partition coefficient (Wildman–Crippen LogP) is 4.67. The number of hydrogen-bond donors (Lipinski definition) is 3. The number of ketones is 1. The number of aliphatic hydroxyl groups excluding tert-OH is 1. The van der Waals surface area contributed by atoms with Gasteiger partial charge < -0.3 is 49.1 Å². The van der Waals surface area contributed by atoms with Crippen LogP contribution in [0.3, 0.4) is 0 Å². The molecule has 59 heavy (non-hydrogen) atoms. The molecule has 3 aliphatic heterocycles. The number of aromatic nitrogens is 1. The number of para-hydroxylation sites is 1. The fourth-order valence-electron chi connectivity index (χ4n) is 9.18. The maximum absolute atomic E-state index is 14.5. The number of nitrogens with one attached hydrogen (secondary N) is 2. The molecule has 0 bridgehead atoms. The van der Waals surface area contributed by atoms with Crippen LogP contribution in [0.1, 0.15) is 87.1 Å². The number of carbonyl (C=O) groups is 5. The van der Waals surface area contributed by atoms with Crippen molar-refractivity contribution in [2.45, 2.75) is 148 Å². The summed E-state index contributed by atoms with van der Waals surface area (Å²) in [7, 11) is 3.70. The highest BCUT2D eigenvalue weighted by Crippen LogP contribution is 2.41. The third kappa shape index (κ3) is 9.99. The summed E-state index contributed by atoms with van der Waals surface area (Å²) in [6.45, 7) is 14.7. The maximum Gasteiger partial charge on any atom is 0.408 e. The van der Waals surface area contributed by atoms with E-state index in [9.17, 15) is 29.1 Å². The number of likely N-dealkylation sites (N-methyl/N-ethyl adjacent to an activating group) is 1. The van der Waals surface area contributed by atoms with Crippen molar-refractivity contribution in [3.8, 4) is 0 Å². The first-order valence-corrected chi connectivity index (χ1v) is 20.6. The molecule has 326 valence electrons. The number of Topliss-reactive ketones (excluding diaryl/α,β-unsaturated/α-hetero) is 1. The van der Waals surface area contributed by atoms with Gasteiger partial charge in [-0.05, 0) is 78.7 Å². The minimum Gasteiger partial charge on any atom is -0.458 e. The van der Waals surface area contributed by atoms with Crippen molar-refractivity contribution in [2.75, 3.05) is 14.1 Å². The number of benzene rings is 1. The molecule has 1 aromatic carbocycles. The Morgan fingerprint density at radius 3 is 2.42 bits per heavy atom. The molecule has 2 amide bonds. The van der Waals surface area contributed by atoms with E-state index < -0.39 is 95.7 Å². The first-order valence-electron chi connectivity index (χ1n) is 20.6. The molecule has 3 fully saturated rings. The molecule has 14 atom stereocenters. The minimum absolute atomic E-state index is 0.0473. The number of pyridine rings is 1. The molecule has 3 N–H and O–H groups in total. The Labute approximate surface area is 346 Å². The van der Waals surface area contributed by atoms with Gasteiger partial charge in [0.2, 0.25) is 0 Å². The van der Waals surface area contributed by atoms with Crippen molar-refractivity contribution in [3.63, 3.8) is 0 Å². The molecule has 0 aliphatic carbocycles. The fraction of sp³-hybridized carbons (Fsp3) is 0.674. The van der Waals surface area contributed by atoms with Gasteiger partial charge in [-0.3, -0.25) is 19.4 Å². The second-order valence-electron chi connectivity index (χ2n) is 17.3. The highest BCUT2D eigenvalue weighted by atomic mass is 16.7. The molecule has 0 spiro atoms. The Balaban J connectivity index is 1.59. The number of amides is 2. The number of rotatable bonds is 8. The monoisotopic (exact) mass is 826 g/mol. The largest absolute Gasteiger partial charge is 0.458 e. The zero-order valence-corrected chi connectivity index (χ0v) is 36.1. The normalized spacial score (nSPS) is 37.1. The minimum atomic E-state index is -1.72. The first kappa shape index (κ1) is 45.7. The Morgan fingerprint density at radius 1 is 1.07 bits per heavy atom. The van der Waals surface area contributed by atoms with E-state index in [0.29, 0.717) is 12.0 Å². The highest BCUT2D eigenvalue weighted by molar-refractivity contribution is 5.85. The lowest BCUT2D eigenvalue weighted by Crippen LogP contribution is -2.61. The highest BCUT2D eigenvalue weighted by Gasteiger charge is 2.58. The second kappa shape index (κ2) is 18.5. The van der Waals surface area contributed by atoms with Crippen LogP contribution in [0, 0.1) is 23.7 Å². The van der Waals surface area contributed by atoms with Crippen LogP contribution in [0.25, 0.3) is 10.9 Å². The van der Waals surface area contributed by atoms with Crippen LogP contribution in [0.5, 0.6) is 0 Å². The van der Waals surface area contributed by atoms with E-state index in [1.807, 2.05) is 56.3 Å². The predicted molar refractivity (Wildman–Crippen MR) is 215 cm³/mol. The van der Waals surface area contributed by atoms with Crippen molar-refractivity contribution < 1.29 is 57.5 Å². The Hall–Kier alpha value is -4.38. The Morgan fingerprint density at radius 2 is 1.76 bits per heavy atom. The summed E-state index contributed by atoms with van der Waals surface area (Å²) in [5, 5.41) is 18.6. The van der Waals surface area contributed by atoms with E-state index in [2.05, 4.69) is 15.6 Å². The zero-order chi connectivity index (χ0) is 43.6. The van der Waals surface area contributed by atoms with Gasteiger partial charge in [0.15, 0.2) is 18.0 Å². The standard InChI is InChI=1S/C43H62N4O12/c1-12-32-43(9)36(46-41(53)59-43)24(4)33(49)22(2)19-42(8,58-40(52)45-21-28-18-29-15-13-14-16-30(29)44-20-28)37(25(5)34(50)26(6)38(51)56-32)57-39-35(55-27(7)48)31(47(10)11)17-23(3)54-39/h13-16,18,20,22-26,31-32,34-37,39,50H,12,17,19,21H2,1-11H3,(H,45,52)(H,46,53)/t22-,23-,24+,25+,26-,31+,32-,34+,35-,36-,37-,39+,42-,43-/m1/s1. The van der Waals surface area contributed by atoms with Crippen molar-refractivity contribution in [1.82, 2.24) is 20.5 Å². The molecule has 3 saturated heterocycles. The SMILES string of the molecule is CC[C@H]1OC(=O)[C@H](C)[C@@H](O)[C@H](C)[C@@H](O[C@@H]2O[C@H](C)C[C@H](N(C)C)[C@H]2OC(C)=O)[C@](C)(OC(=O)NCc2cnc3ccccc3c2)C[C@@H](C)C(=O)[C@H](C)[C@H]2NC(=O)O[C@@]21C. The number of aliphatic hydroxyl groups is 1. The number of nitrogens with zero attached hydrogens (tertiary/aromatic N) is 2. The lowest BCUT2D eigenvalue weighted by Gasteiger charge is -2.48. The number of cyclic esters (lactones) is 1.